The van der Waals surface area contributed by atoms with Gasteiger partial charge in [0.05, 0.1) is 11.3 Å². The van der Waals surface area contributed by atoms with Gasteiger partial charge in [0.2, 0.25) is 0 Å². The van der Waals surface area contributed by atoms with Gasteiger partial charge in [-0.2, -0.15) is 21.6 Å². The molecule has 4 rings (SSSR count). The fourth-order valence-corrected chi connectivity index (χ4v) is 5.20. The second kappa shape index (κ2) is 10.8. The monoisotopic (exact) mass is 520 g/mol. The number of nitrogens with one attached hydrogen (secondary N) is 1. The Labute approximate surface area is 208 Å². The van der Waals surface area contributed by atoms with Crippen molar-refractivity contribution in [2.75, 3.05) is 29.3 Å². The van der Waals surface area contributed by atoms with Crippen LogP contribution in [0.4, 0.5) is 24.8 Å². The Balaban J connectivity index is 1.83. The van der Waals surface area contributed by atoms with E-state index in [1.54, 1.807) is 36.4 Å². The fraction of sp³-hybridized carbons (Fsp3) is 0.360. The number of aromatic nitrogens is 2. The van der Waals surface area contributed by atoms with Gasteiger partial charge in [-0.1, -0.05) is 36.8 Å². The number of rotatable bonds is 3. The summed E-state index contributed by atoms with van der Waals surface area (Å²) < 4.78 is 70.2. The van der Waals surface area contributed by atoms with Gasteiger partial charge in [-0.05, 0) is 55.5 Å². The number of alkyl halides is 3. The summed E-state index contributed by atoms with van der Waals surface area (Å²) in [5.41, 5.74) is -0.213. The average molecular weight is 521 g/mol. The maximum absolute atomic E-state index is 13.9. The van der Waals surface area contributed by atoms with E-state index in [-0.39, 0.29) is 23.1 Å². The fourth-order valence-electron chi connectivity index (χ4n) is 4.24. The van der Waals surface area contributed by atoms with Crippen LogP contribution < -0.4 is 9.62 Å². The third-order valence-corrected chi connectivity index (χ3v) is 7.24. The van der Waals surface area contributed by atoms with Gasteiger partial charge in [-0.3, -0.25) is 4.72 Å². The Morgan fingerprint density at radius 3 is 2.56 bits per heavy atom. The van der Waals surface area contributed by atoms with E-state index in [4.69, 9.17) is 0 Å². The molecule has 1 aliphatic rings. The van der Waals surface area contributed by atoms with Crippen molar-refractivity contribution in [2.45, 2.75) is 43.3 Å². The highest BCUT2D eigenvalue weighted by Crippen LogP contribution is 2.38. The Morgan fingerprint density at radius 1 is 0.972 bits per heavy atom. The van der Waals surface area contributed by atoms with E-state index < -0.39 is 21.8 Å². The van der Waals surface area contributed by atoms with Crippen molar-refractivity contribution in [3.05, 3.63) is 65.7 Å². The van der Waals surface area contributed by atoms with Crippen LogP contribution in [0, 0.1) is 0 Å². The number of sulfonamides is 1. The van der Waals surface area contributed by atoms with Crippen molar-refractivity contribution in [3.63, 3.8) is 0 Å². The molecule has 0 aliphatic carbocycles. The smallest absolute Gasteiger partial charge is 0.396 e. The minimum Gasteiger partial charge on any atom is -0.396 e. The first kappa shape index (κ1) is 25.9. The van der Waals surface area contributed by atoms with Gasteiger partial charge in [0.25, 0.3) is 10.0 Å². The first-order valence-corrected chi connectivity index (χ1v) is 13.2. The van der Waals surface area contributed by atoms with Crippen LogP contribution in [0.15, 0.2) is 59.6 Å². The van der Waals surface area contributed by atoms with E-state index in [1.165, 1.54) is 6.07 Å². The molecule has 7 nitrogen and oxygen atoms in total. The molecule has 0 atom stereocenters. The molecule has 0 spiro atoms. The molecule has 3 aromatic rings. The standard InChI is InChI=1S/C25H27F3N4O3S/c26-25(27,28)20-13-14-21-29-24(20)19-10-4-3-9-18(19)8-2-1-5-15-32(16-7-17-33)22-11-6-12-23(30-22)36(34,35)31-21/h3-4,6,9-14,33H,1-2,5,7-8,15-17H2,(H,29,31). The predicted octanol–water partition coefficient (Wildman–Crippen LogP) is 4.88. The van der Waals surface area contributed by atoms with Gasteiger partial charge >= 0.3 is 6.18 Å². The van der Waals surface area contributed by atoms with Crippen LogP contribution in [0.25, 0.3) is 11.3 Å². The molecule has 1 aliphatic heterocycles. The van der Waals surface area contributed by atoms with Crippen LogP contribution >= 0.6 is 0 Å². The van der Waals surface area contributed by atoms with Crippen LogP contribution in [0.1, 0.15) is 36.8 Å². The van der Waals surface area contributed by atoms with E-state index in [1.807, 2.05) is 4.90 Å². The van der Waals surface area contributed by atoms with Crippen LogP contribution in [-0.4, -0.2) is 43.2 Å². The van der Waals surface area contributed by atoms with Crippen molar-refractivity contribution in [1.29, 1.82) is 0 Å². The molecular weight excluding hydrogens is 493 g/mol. The Hall–Kier alpha value is -3.18. The number of aliphatic hydroxyl groups excluding tert-OH is 1. The quantitative estimate of drug-likeness (QED) is 0.511. The molecule has 3 heterocycles. The van der Waals surface area contributed by atoms with Crippen LogP contribution in [0.3, 0.4) is 0 Å². The highest BCUT2D eigenvalue weighted by atomic mass is 32.2. The second-order valence-electron chi connectivity index (χ2n) is 8.56. The van der Waals surface area contributed by atoms with Gasteiger partial charge < -0.3 is 10.0 Å². The minimum absolute atomic E-state index is 0.00521. The average Bonchev–Trinajstić information content (AvgIpc) is 2.84. The molecule has 2 aromatic heterocycles. The van der Waals surface area contributed by atoms with Gasteiger partial charge in [0, 0.05) is 25.3 Å². The summed E-state index contributed by atoms with van der Waals surface area (Å²) in [7, 11) is -4.23. The van der Waals surface area contributed by atoms with Gasteiger partial charge in [-0.25, -0.2) is 9.97 Å². The molecule has 192 valence electrons. The summed E-state index contributed by atoms with van der Waals surface area (Å²) in [5, 5.41) is 9.02. The molecule has 4 bridgehead atoms. The van der Waals surface area contributed by atoms with Crippen molar-refractivity contribution >= 4 is 21.7 Å². The number of aryl methyl sites for hydroxylation is 1. The maximum atomic E-state index is 13.9. The van der Waals surface area contributed by atoms with Crippen molar-refractivity contribution in [1.82, 2.24) is 9.97 Å². The summed E-state index contributed by atoms with van der Waals surface area (Å²) in [6, 6.07) is 13.2. The number of anilines is 2. The molecule has 1 aromatic carbocycles. The van der Waals surface area contributed by atoms with E-state index in [2.05, 4.69) is 14.7 Å². The molecule has 0 saturated heterocycles. The molecule has 0 unspecified atom stereocenters. The minimum atomic E-state index is -4.67. The Morgan fingerprint density at radius 2 is 1.78 bits per heavy atom. The molecule has 2 N–H and O–H groups in total. The summed E-state index contributed by atoms with van der Waals surface area (Å²) in [6.07, 6.45) is -1.28. The zero-order chi connectivity index (χ0) is 25.8. The zero-order valence-electron chi connectivity index (χ0n) is 19.5. The first-order valence-electron chi connectivity index (χ1n) is 11.7. The molecule has 0 fully saturated rings. The number of aliphatic hydroxyl groups is 1. The largest absolute Gasteiger partial charge is 0.418 e. The maximum Gasteiger partial charge on any atom is 0.418 e. The lowest BCUT2D eigenvalue weighted by atomic mass is 9.96. The van der Waals surface area contributed by atoms with Crippen molar-refractivity contribution in [2.24, 2.45) is 0 Å². The number of benzene rings is 1. The number of pyridine rings is 2. The van der Waals surface area contributed by atoms with Crippen molar-refractivity contribution < 1.29 is 26.7 Å². The SMILES string of the molecule is O=S1(=O)Nc2ccc(C(F)(F)F)c(n2)-c2ccccc2CCCCCN(CCCO)c2cccc1n2. The number of hydrogen-bond donors (Lipinski definition) is 2. The van der Waals surface area contributed by atoms with E-state index >= 15 is 0 Å². The normalized spacial score (nSPS) is 16.2. The Bertz CT molecular complexity index is 1320. The lowest BCUT2D eigenvalue weighted by Crippen LogP contribution is -2.28. The molecule has 36 heavy (non-hydrogen) atoms. The summed E-state index contributed by atoms with van der Waals surface area (Å²) in [6.45, 7) is 1.10. The molecule has 0 amide bonds. The van der Waals surface area contributed by atoms with Crippen LogP contribution in [0.5, 0.6) is 0 Å². The summed E-state index contributed by atoms with van der Waals surface area (Å²) in [5.74, 6) is 0.217. The lowest BCUT2D eigenvalue weighted by Gasteiger charge is -2.24. The van der Waals surface area contributed by atoms with Gasteiger partial charge in [0.1, 0.15) is 11.6 Å². The topological polar surface area (TPSA) is 95.4 Å². The van der Waals surface area contributed by atoms with E-state index in [0.717, 1.165) is 31.4 Å². The number of fused-ring (bicyclic) bond motifs is 6. The van der Waals surface area contributed by atoms with Crippen molar-refractivity contribution in [3.8, 4) is 11.3 Å². The molecule has 0 saturated carbocycles. The third-order valence-electron chi connectivity index (χ3n) is 5.98. The number of nitrogens with zero attached hydrogens (tertiary/aromatic N) is 3. The van der Waals surface area contributed by atoms with E-state index in [0.29, 0.717) is 42.9 Å². The highest BCUT2D eigenvalue weighted by Gasteiger charge is 2.35. The number of halogens is 3. The van der Waals surface area contributed by atoms with Crippen LogP contribution in [0.2, 0.25) is 0 Å². The highest BCUT2D eigenvalue weighted by molar-refractivity contribution is 7.92. The summed E-state index contributed by atoms with van der Waals surface area (Å²) in [4.78, 5) is 10.4. The predicted molar refractivity (Wildman–Crippen MR) is 131 cm³/mol. The third kappa shape index (κ3) is 5.96. The van der Waals surface area contributed by atoms with Crippen LogP contribution in [-0.2, 0) is 22.6 Å². The van der Waals surface area contributed by atoms with Gasteiger partial charge in [0.15, 0.2) is 5.03 Å². The second-order valence-corrected chi connectivity index (χ2v) is 10.2. The number of hydrogen-bond acceptors (Lipinski definition) is 6. The molecular formula is C25H27F3N4O3S. The summed E-state index contributed by atoms with van der Waals surface area (Å²) >= 11 is 0. The lowest BCUT2D eigenvalue weighted by molar-refractivity contribution is -0.137. The first-order chi connectivity index (χ1) is 17.2. The molecule has 11 heteroatoms. The Kier molecular flexibility index (Phi) is 7.79. The van der Waals surface area contributed by atoms with Gasteiger partial charge in [-0.15, -0.1) is 0 Å². The zero-order valence-corrected chi connectivity index (χ0v) is 20.3. The van der Waals surface area contributed by atoms with E-state index in [9.17, 15) is 26.7 Å². The molecule has 0 radical (unpaired) electrons.